The fourth-order valence-corrected chi connectivity index (χ4v) is 2.16. The molecule has 1 aliphatic heterocycles. The van der Waals surface area contributed by atoms with Crippen LogP contribution in [0.2, 0.25) is 0 Å². The van der Waals surface area contributed by atoms with Crippen LogP contribution >= 0.6 is 0 Å². The second-order valence-corrected chi connectivity index (χ2v) is 4.85. The number of likely N-dealkylation sites (N-methyl/N-ethyl adjacent to an activating group) is 1. The van der Waals surface area contributed by atoms with E-state index in [0.717, 1.165) is 39.1 Å². The van der Waals surface area contributed by atoms with Gasteiger partial charge in [0.25, 0.3) is 0 Å². The maximum absolute atomic E-state index is 5.75. The lowest BCUT2D eigenvalue weighted by Gasteiger charge is -2.17. The first-order valence-corrected chi connectivity index (χ1v) is 6.71. The lowest BCUT2D eigenvalue weighted by molar-refractivity contribution is 0.359. The van der Waals surface area contributed by atoms with E-state index in [9.17, 15) is 0 Å². The minimum Gasteiger partial charge on any atom is -0.406 e. The van der Waals surface area contributed by atoms with Crippen molar-refractivity contribution in [3.05, 3.63) is 5.89 Å². The van der Waals surface area contributed by atoms with Gasteiger partial charge in [-0.2, -0.15) is 0 Å². The van der Waals surface area contributed by atoms with E-state index in [1.807, 2.05) is 6.92 Å². The van der Waals surface area contributed by atoms with Gasteiger partial charge in [0.2, 0.25) is 5.89 Å². The van der Waals surface area contributed by atoms with Crippen molar-refractivity contribution < 1.29 is 4.42 Å². The Hall–Kier alpha value is -1.14. The van der Waals surface area contributed by atoms with Crippen molar-refractivity contribution in [2.24, 2.45) is 0 Å². The molecule has 6 heteroatoms. The van der Waals surface area contributed by atoms with Crippen LogP contribution in [0.1, 0.15) is 32.2 Å². The summed E-state index contributed by atoms with van der Waals surface area (Å²) in [7, 11) is 2.15. The predicted molar refractivity (Wildman–Crippen MR) is 70.7 cm³/mol. The SMILES string of the molecule is CCNC(C)c1nnc(N2CCCN(C)CC2)o1. The first-order valence-electron chi connectivity index (χ1n) is 6.71. The van der Waals surface area contributed by atoms with Gasteiger partial charge in [0.1, 0.15) is 0 Å². The topological polar surface area (TPSA) is 57.4 Å². The fourth-order valence-electron chi connectivity index (χ4n) is 2.16. The third-order valence-electron chi connectivity index (χ3n) is 3.30. The second kappa shape index (κ2) is 6.15. The number of hydrogen-bond donors (Lipinski definition) is 1. The summed E-state index contributed by atoms with van der Waals surface area (Å²) in [6, 6.07) is 0.774. The molecule has 0 amide bonds. The van der Waals surface area contributed by atoms with E-state index < -0.39 is 0 Å². The van der Waals surface area contributed by atoms with E-state index in [1.54, 1.807) is 0 Å². The van der Waals surface area contributed by atoms with Crippen molar-refractivity contribution in [3.8, 4) is 0 Å². The van der Waals surface area contributed by atoms with Crippen molar-refractivity contribution in [1.82, 2.24) is 20.4 Å². The van der Waals surface area contributed by atoms with Crippen molar-refractivity contribution in [2.75, 3.05) is 44.7 Å². The van der Waals surface area contributed by atoms with Crippen LogP contribution in [0.5, 0.6) is 0 Å². The van der Waals surface area contributed by atoms with Crippen molar-refractivity contribution in [1.29, 1.82) is 0 Å². The van der Waals surface area contributed by atoms with Gasteiger partial charge in [0, 0.05) is 19.6 Å². The highest BCUT2D eigenvalue weighted by molar-refractivity contribution is 5.24. The first kappa shape index (κ1) is 13.3. The van der Waals surface area contributed by atoms with Gasteiger partial charge in [-0.1, -0.05) is 12.0 Å². The van der Waals surface area contributed by atoms with E-state index >= 15 is 0 Å². The quantitative estimate of drug-likeness (QED) is 0.859. The summed E-state index contributed by atoms with van der Waals surface area (Å²) in [6.07, 6.45) is 1.14. The Labute approximate surface area is 108 Å². The molecule has 0 spiro atoms. The maximum Gasteiger partial charge on any atom is 0.318 e. The number of hydrogen-bond acceptors (Lipinski definition) is 6. The Morgan fingerprint density at radius 2 is 2.11 bits per heavy atom. The maximum atomic E-state index is 5.75. The molecule has 102 valence electrons. The van der Waals surface area contributed by atoms with E-state index in [4.69, 9.17) is 4.42 Å². The van der Waals surface area contributed by atoms with Gasteiger partial charge in [0.15, 0.2) is 0 Å². The van der Waals surface area contributed by atoms with Crippen LogP contribution < -0.4 is 10.2 Å². The van der Waals surface area contributed by atoms with Gasteiger partial charge in [-0.25, -0.2) is 0 Å². The molecular formula is C12H23N5O. The third-order valence-corrected chi connectivity index (χ3v) is 3.30. The largest absolute Gasteiger partial charge is 0.406 e. The fraction of sp³-hybridized carbons (Fsp3) is 0.833. The number of aromatic nitrogens is 2. The molecule has 2 heterocycles. The molecule has 1 aromatic rings. The Balaban J connectivity index is 2.00. The molecule has 0 aromatic carbocycles. The first-order chi connectivity index (χ1) is 8.70. The second-order valence-electron chi connectivity index (χ2n) is 4.85. The molecule has 1 atom stereocenters. The lowest BCUT2D eigenvalue weighted by Crippen LogP contribution is -2.28. The van der Waals surface area contributed by atoms with E-state index in [1.165, 1.54) is 0 Å². The average molecular weight is 253 g/mol. The summed E-state index contributed by atoms with van der Waals surface area (Å²) in [6.45, 7) is 9.11. The zero-order chi connectivity index (χ0) is 13.0. The van der Waals surface area contributed by atoms with Crippen molar-refractivity contribution in [2.45, 2.75) is 26.3 Å². The van der Waals surface area contributed by atoms with Crippen LogP contribution in [0, 0.1) is 0 Å². The molecular weight excluding hydrogens is 230 g/mol. The van der Waals surface area contributed by atoms with E-state index in [-0.39, 0.29) is 6.04 Å². The normalized spacial score (nSPS) is 19.8. The highest BCUT2D eigenvalue weighted by atomic mass is 16.4. The van der Waals surface area contributed by atoms with Crippen molar-refractivity contribution in [3.63, 3.8) is 0 Å². The molecule has 2 rings (SSSR count). The van der Waals surface area contributed by atoms with E-state index in [0.29, 0.717) is 11.9 Å². The van der Waals surface area contributed by atoms with Gasteiger partial charge in [-0.05, 0) is 33.5 Å². The highest BCUT2D eigenvalue weighted by Gasteiger charge is 2.19. The molecule has 1 aliphatic rings. The predicted octanol–water partition coefficient (Wildman–Crippen LogP) is 0.882. The molecule has 1 N–H and O–H groups in total. The van der Waals surface area contributed by atoms with Crippen LogP contribution in [-0.4, -0.2) is 54.9 Å². The molecule has 1 unspecified atom stereocenters. The molecule has 1 aromatic heterocycles. The summed E-state index contributed by atoms with van der Waals surface area (Å²) in [5.41, 5.74) is 0. The van der Waals surface area contributed by atoms with Crippen LogP contribution in [0.4, 0.5) is 6.01 Å². The summed E-state index contributed by atoms with van der Waals surface area (Å²) < 4.78 is 5.75. The van der Waals surface area contributed by atoms with E-state index in [2.05, 4.69) is 39.3 Å². The zero-order valence-corrected chi connectivity index (χ0v) is 11.5. The molecule has 0 aliphatic carbocycles. The Kier molecular flexibility index (Phi) is 4.54. The molecule has 0 radical (unpaired) electrons. The minimum absolute atomic E-state index is 0.117. The van der Waals surface area contributed by atoms with Crippen LogP contribution in [0.3, 0.4) is 0 Å². The summed E-state index contributed by atoms with van der Waals surface area (Å²) >= 11 is 0. The van der Waals surface area contributed by atoms with Gasteiger partial charge in [-0.15, -0.1) is 5.10 Å². The standard InChI is InChI=1S/C12H23N5O/c1-4-13-10(2)11-14-15-12(18-11)17-7-5-6-16(3)8-9-17/h10,13H,4-9H2,1-3H3. The van der Waals surface area contributed by atoms with Crippen LogP contribution in [0.15, 0.2) is 4.42 Å². The average Bonchev–Trinajstić information content (AvgIpc) is 2.74. The Morgan fingerprint density at radius 1 is 1.28 bits per heavy atom. The molecule has 0 saturated carbocycles. The number of nitrogens with one attached hydrogen (secondary N) is 1. The van der Waals surface area contributed by atoms with Gasteiger partial charge in [-0.3, -0.25) is 0 Å². The molecule has 1 saturated heterocycles. The number of rotatable bonds is 4. The zero-order valence-electron chi connectivity index (χ0n) is 11.5. The molecule has 6 nitrogen and oxygen atoms in total. The smallest absolute Gasteiger partial charge is 0.318 e. The third kappa shape index (κ3) is 3.20. The molecule has 1 fully saturated rings. The van der Waals surface area contributed by atoms with Gasteiger partial charge < -0.3 is 19.5 Å². The molecule has 0 bridgehead atoms. The van der Waals surface area contributed by atoms with Gasteiger partial charge in [0.05, 0.1) is 6.04 Å². The molecule has 18 heavy (non-hydrogen) atoms. The number of anilines is 1. The Bertz CT molecular complexity index is 367. The lowest BCUT2D eigenvalue weighted by atomic mass is 10.3. The number of nitrogens with zero attached hydrogens (tertiary/aromatic N) is 4. The monoisotopic (exact) mass is 253 g/mol. The summed E-state index contributed by atoms with van der Waals surface area (Å²) in [4.78, 5) is 4.51. The minimum atomic E-state index is 0.117. The summed E-state index contributed by atoms with van der Waals surface area (Å²) in [5, 5.41) is 11.6. The van der Waals surface area contributed by atoms with Crippen LogP contribution in [-0.2, 0) is 0 Å². The Morgan fingerprint density at radius 3 is 2.89 bits per heavy atom. The summed E-state index contributed by atoms with van der Waals surface area (Å²) in [5.74, 6) is 0.671. The van der Waals surface area contributed by atoms with Crippen LogP contribution in [0.25, 0.3) is 0 Å². The van der Waals surface area contributed by atoms with Gasteiger partial charge >= 0.3 is 6.01 Å². The highest BCUT2D eigenvalue weighted by Crippen LogP contribution is 2.18. The van der Waals surface area contributed by atoms with Crippen molar-refractivity contribution >= 4 is 6.01 Å².